The van der Waals surface area contributed by atoms with E-state index in [9.17, 15) is 14.4 Å². The first kappa shape index (κ1) is 23.1. The van der Waals surface area contributed by atoms with E-state index in [1.54, 1.807) is 20.1 Å². The van der Waals surface area contributed by atoms with E-state index in [-0.39, 0.29) is 22.9 Å². The van der Waals surface area contributed by atoms with E-state index in [1.165, 1.54) is 0 Å². The van der Waals surface area contributed by atoms with Gasteiger partial charge in [0.05, 0.1) is 7.11 Å². The summed E-state index contributed by atoms with van der Waals surface area (Å²) in [5, 5.41) is 0. The molecule has 0 unspecified atom stereocenters. The summed E-state index contributed by atoms with van der Waals surface area (Å²) in [5.41, 5.74) is 1.59. The SMILES string of the molecule is CC#Cc1cc(C)c(C2C(=O)CC3(CCN(C(=O)C(C)(C)C)CC3)CC2=O)c(OC)c1. The fraction of sp³-hybridized carbons (Fsp3) is 0.577. The minimum absolute atomic E-state index is 0.0393. The molecule has 2 fully saturated rings. The summed E-state index contributed by atoms with van der Waals surface area (Å²) in [4.78, 5) is 41.1. The number of piperidine rings is 1. The normalized spacial score (nSPS) is 19.2. The largest absolute Gasteiger partial charge is 0.496 e. The fourth-order valence-electron chi connectivity index (χ4n) is 5.04. The first-order chi connectivity index (χ1) is 14.5. The first-order valence-corrected chi connectivity index (χ1v) is 11.0. The molecule has 1 aliphatic heterocycles. The Kier molecular flexibility index (Phi) is 6.32. The highest BCUT2D eigenvalue weighted by Gasteiger charge is 2.48. The summed E-state index contributed by atoms with van der Waals surface area (Å²) in [6, 6.07) is 3.72. The molecule has 0 N–H and O–H groups in total. The third-order valence-electron chi connectivity index (χ3n) is 6.62. The van der Waals surface area contributed by atoms with Crippen molar-refractivity contribution in [3.05, 3.63) is 28.8 Å². The monoisotopic (exact) mass is 423 g/mol. The van der Waals surface area contributed by atoms with Crippen LogP contribution in [0.4, 0.5) is 0 Å². The van der Waals surface area contributed by atoms with Gasteiger partial charge in [-0.1, -0.05) is 26.7 Å². The number of hydrogen-bond donors (Lipinski definition) is 0. The Bertz CT molecular complexity index is 946. The van der Waals surface area contributed by atoms with E-state index in [1.807, 2.05) is 38.7 Å². The average molecular weight is 424 g/mol. The standard InChI is InChI=1S/C26H33NO4/c1-7-8-18-13-17(2)22(21(14-18)31-6)23-19(28)15-26(16-20(23)29)9-11-27(12-10-26)24(30)25(3,4)5/h13-14,23H,9-12,15-16H2,1-6H3. The number of hydrogen-bond acceptors (Lipinski definition) is 4. The molecule has 1 saturated heterocycles. The maximum atomic E-state index is 13.3. The van der Waals surface area contributed by atoms with E-state index in [0.29, 0.717) is 50.1 Å². The van der Waals surface area contributed by atoms with E-state index < -0.39 is 11.3 Å². The fourth-order valence-corrected chi connectivity index (χ4v) is 5.04. The maximum Gasteiger partial charge on any atom is 0.227 e. The molecule has 1 aliphatic carbocycles. The zero-order chi connectivity index (χ0) is 23.0. The van der Waals surface area contributed by atoms with Gasteiger partial charge in [0.2, 0.25) is 5.91 Å². The van der Waals surface area contributed by atoms with Crippen molar-refractivity contribution >= 4 is 17.5 Å². The van der Waals surface area contributed by atoms with Crippen LogP contribution in [0.5, 0.6) is 5.75 Å². The van der Waals surface area contributed by atoms with Crippen molar-refractivity contribution in [2.45, 2.75) is 66.2 Å². The summed E-state index contributed by atoms with van der Waals surface area (Å²) < 4.78 is 5.56. The molecule has 31 heavy (non-hydrogen) atoms. The van der Waals surface area contributed by atoms with Crippen molar-refractivity contribution in [1.29, 1.82) is 0 Å². The number of likely N-dealkylation sites (tertiary alicyclic amines) is 1. The van der Waals surface area contributed by atoms with Crippen molar-refractivity contribution in [3.8, 4) is 17.6 Å². The molecule has 2 aliphatic rings. The molecule has 0 radical (unpaired) electrons. The Hall–Kier alpha value is -2.61. The van der Waals surface area contributed by atoms with Gasteiger partial charge in [-0.05, 0) is 49.8 Å². The van der Waals surface area contributed by atoms with Crippen LogP contribution in [0.15, 0.2) is 12.1 Å². The Labute approximate surface area is 185 Å². The molecule has 1 heterocycles. The first-order valence-electron chi connectivity index (χ1n) is 11.0. The van der Waals surface area contributed by atoms with Crippen LogP contribution in [0.2, 0.25) is 0 Å². The minimum atomic E-state index is -0.779. The third kappa shape index (κ3) is 4.54. The number of ether oxygens (including phenoxy) is 1. The van der Waals surface area contributed by atoms with Crippen LogP contribution in [-0.2, 0) is 14.4 Å². The van der Waals surface area contributed by atoms with Crippen LogP contribution < -0.4 is 4.74 Å². The number of carbonyl (C=O) groups is 3. The van der Waals surface area contributed by atoms with Gasteiger partial charge >= 0.3 is 0 Å². The van der Waals surface area contributed by atoms with Crippen molar-refractivity contribution in [2.24, 2.45) is 10.8 Å². The lowest BCUT2D eigenvalue weighted by Crippen LogP contribution is -2.50. The van der Waals surface area contributed by atoms with E-state index in [4.69, 9.17) is 4.74 Å². The molecule has 0 atom stereocenters. The van der Waals surface area contributed by atoms with Crippen LogP contribution in [-0.4, -0.2) is 42.6 Å². The Morgan fingerprint density at radius 3 is 2.19 bits per heavy atom. The molecular weight excluding hydrogens is 390 g/mol. The van der Waals surface area contributed by atoms with Gasteiger partial charge in [0.1, 0.15) is 23.2 Å². The molecule has 1 aromatic rings. The lowest BCUT2D eigenvalue weighted by atomic mass is 9.63. The lowest BCUT2D eigenvalue weighted by Gasteiger charge is -2.45. The summed E-state index contributed by atoms with van der Waals surface area (Å²) >= 11 is 0. The van der Waals surface area contributed by atoms with Gasteiger partial charge in [0.25, 0.3) is 0 Å². The van der Waals surface area contributed by atoms with E-state index >= 15 is 0 Å². The summed E-state index contributed by atoms with van der Waals surface area (Å²) in [6.45, 7) is 10.6. The highest BCUT2D eigenvalue weighted by molar-refractivity contribution is 6.11. The number of benzene rings is 1. The molecule has 0 bridgehead atoms. The predicted molar refractivity (Wildman–Crippen MR) is 120 cm³/mol. The van der Waals surface area contributed by atoms with Gasteiger partial charge < -0.3 is 9.64 Å². The third-order valence-corrected chi connectivity index (χ3v) is 6.62. The van der Waals surface area contributed by atoms with Crippen molar-refractivity contribution in [1.82, 2.24) is 4.90 Å². The lowest BCUT2D eigenvalue weighted by molar-refractivity contribution is -0.144. The second kappa shape index (κ2) is 8.49. The Balaban J connectivity index is 1.82. The Morgan fingerprint density at radius 1 is 1.13 bits per heavy atom. The second-order valence-corrected chi connectivity index (χ2v) is 10.0. The van der Waals surface area contributed by atoms with Crippen LogP contribution in [0.3, 0.4) is 0 Å². The van der Waals surface area contributed by atoms with Crippen molar-refractivity contribution in [2.75, 3.05) is 20.2 Å². The van der Waals surface area contributed by atoms with Crippen molar-refractivity contribution in [3.63, 3.8) is 0 Å². The number of ketones is 2. The van der Waals surface area contributed by atoms with Crippen LogP contribution in [0.25, 0.3) is 0 Å². The van der Waals surface area contributed by atoms with Gasteiger partial charge in [0.15, 0.2) is 0 Å². The Morgan fingerprint density at radius 2 is 1.71 bits per heavy atom. The molecule has 1 aromatic carbocycles. The molecule has 1 amide bonds. The number of rotatable bonds is 2. The average Bonchev–Trinajstić information content (AvgIpc) is 2.68. The van der Waals surface area contributed by atoms with E-state index in [0.717, 1.165) is 11.1 Å². The highest BCUT2D eigenvalue weighted by Crippen LogP contribution is 2.48. The molecule has 5 nitrogen and oxygen atoms in total. The van der Waals surface area contributed by atoms with Crippen LogP contribution >= 0.6 is 0 Å². The minimum Gasteiger partial charge on any atom is -0.496 e. The van der Waals surface area contributed by atoms with E-state index in [2.05, 4.69) is 11.8 Å². The summed E-state index contributed by atoms with van der Waals surface area (Å²) in [6.07, 6.45) is 2.14. The topological polar surface area (TPSA) is 63.7 Å². The second-order valence-electron chi connectivity index (χ2n) is 10.0. The van der Waals surface area contributed by atoms with Gasteiger partial charge in [-0.3, -0.25) is 14.4 Å². The van der Waals surface area contributed by atoms with Crippen molar-refractivity contribution < 1.29 is 19.1 Å². The number of methoxy groups -OCH3 is 1. The quantitative estimate of drug-likeness (QED) is 0.532. The molecular formula is C26H33NO4. The smallest absolute Gasteiger partial charge is 0.227 e. The zero-order valence-corrected chi connectivity index (χ0v) is 19.6. The highest BCUT2D eigenvalue weighted by atomic mass is 16.5. The number of nitrogens with zero attached hydrogens (tertiary/aromatic N) is 1. The molecule has 3 rings (SSSR count). The predicted octanol–water partition coefficient (Wildman–Crippen LogP) is 4.05. The molecule has 0 aromatic heterocycles. The van der Waals surface area contributed by atoms with Crippen LogP contribution in [0, 0.1) is 29.6 Å². The summed E-state index contributed by atoms with van der Waals surface area (Å²) in [5.74, 6) is 5.70. The van der Waals surface area contributed by atoms with Gasteiger partial charge in [0, 0.05) is 42.5 Å². The van der Waals surface area contributed by atoms with Crippen LogP contribution in [0.1, 0.15) is 76.0 Å². The number of carbonyl (C=O) groups excluding carboxylic acids is 3. The molecule has 166 valence electrons. The molecule has 5 heteroatoms. The number of Topliss-reactive ketones (excluding diaryl/α,β-unsaturated/α-hetero) is 2. The van der Waals surface area contributed by atoms with Gasteiger partial charge in [-0.15, -0.1) is 5.92 Å². The zero-order valence-electron chi connectivity index (χ0n) is 19.6. The molecule has 1 spiro atoms. The van der Waals surface area contributed by atoms with Gasteiger partial charge in [-0.25, -0.2) is 0 Å². The van der Waals surface area contributed by atoms with Gasteiger partial charge in [-0.2, -0.15) is 0 Å². The number of aryl methyl sites for hydroxylation is 1. The maximum absolute atomic E-state index is 13.3. The number of amides is 1. The summed E-state index contributed by atoms with van der Waals surface area (Å²) in [7, 11) is 1.56. The molecule has 1 saturated carbocycles.